The maximum Gasteiger partial charge on any atom is 0.114 e. The van der Waals surface area contributed by atoms with Crippen LogP contribution in [0.3, 0.4) is 0 Å². The maximum absolute atomic E-state index is 4.76. The number of hydrogen-bond acceptors (Lipinski definition) is 1. The van der Waals surface area contributed by atoms with Gasteiger partial charge in [-0.25, -0.2) is 4.98 Å². The summed E-state index contributed by atoms with van der Waals surface area (Å²) in [5.41, 5.74) is 3.60. The van der Waals surface area contributed by atoms with Crippen LogP contribution < -0.4 is 0 Å². The molecule has 0 atom stereocenters. The van der Waals surface area contributed by atoms with Crippen LogP contribution in [0.4, 0.5) is 0 Å². The summed E-state index contributed by atoms with van der Waals surface area (Å²) >= 11 is 0. The van der Waals surface area contributed by atoms with Crippen molar-refractivity contribution in [3.63, 3.8) is 0 Å². The molecule has 0 unspecified atom stereocenters. The first-order chi connectivity index (χ1) is 7.88. The van der Waals surface area contributed by atoms with Crippen LogP contribution in [0.15, 0.2) is 30.5 Å². The van der Waals surface area contributed by atoms with Crippen LogP contribution in [0.2, 0.25) is 0 Å². The molecule has 17 heavy (non-hydrogen) atoms. The van der Waals surface area contributed by atoms with E-state index in [1.54, 1.807) is 0 Å². The van der Waals surface area contributed by atoms with Gasteiger partial charge in [-0.05, 0) is 13.0 Å². The molecule has 0 amide bonds. The lowest BCUT2D eigenvalue weighted by atomic mass is 9.96. The topological polar surface area (TPSA) is 17.8 Å². The van der Waals surface area contributed by atoms with Gasteiger partial charge in [0.2, 0.25) is 0 Å². The molecule has 0 bridgehead atoms. The molecule has 0 aliphatic carbocycles. The molecule has 0 saturated heterocycles. The zero-order valence-corrected chi connectivity index (χ0v) is 11.3. The third-order valence-electron chi connectivity index (χ3n) is 2.86. The number of benzene rings is 1. The molecule has 0 saturated carbocycles. The van der Waals surface area contributed by atoms with Crippen LogP contribution in [-0.4, -0.2) is 9.55 Å². The van der Waals surface area contributed by atoms with Gasteiger partial charge in [0, 0.05) is 24.2 Å². The minimum atomic E-state index is 0.0802. The zero-order chi connectivity index (χ0) is 12.6. The molecule has 0 radical (unpaired) electrons. The minimum Gasteiger partial charge on any atom is -0.337 e. The lowest BCUT2D eigenvalue weighted by Crippen LogP contribution is -2.17. The average molecular weight is 228 g/mol. The largest absolute Gasteiger partial charge is 0.337 e. The summed E-state index contributed by atoms with van der Waals surface area (Å²) in [6, 6.07) is 8.48. The van der Waals surface area contributed by atoms with Gasteiger partial charge in [0.15, 0.2) is 0 Å². The monoisotopic (exact) mass is 228 g/mol. The molecule has 0 aliphatic rings. The van der Waals surface area contributed by atoms with Gasteiger partial charge < -0.3 is 4.57 Å². The number of nitrogens with zero attached hydrogens (tertiary/aromatic N) is 2. The van der Waals surface area contributed by atoms with Crippen molar-refractivity contribution in [1.29, 1.82) is 0 Å². The average Bonchev–Trinajstić information content (AvgIpc) is 2.60. The van der Waals surface area contributed by atoms with Crippen LogP contribution in [-0.2, 0) is 12.5 Å². The molecule has 0 fully saturated rings. The first-order valence-electron chi connectivity index (χ1n) is 5.99. The molecule has 2 nitrogen and oxygen atoms in total. The summed E-state index contributed by atoms with van der Waals surface area (Å²) in [6.45, 7) is 8.68. The van der Waals surface area contributed by atoms with Gasteiger partial charge >= 0.3 is 0 Å². The predicted octanol–water partition coefficient (Wildman–Crippen LogP) is 3.69. The van der Waals surface area contributed by atoms with Crippen LogP contribution >= 0.6 is 0 Å². The van der Waals surface area contributed by atoms with Gasteiger partial charge in [0.25, 0.3) is 0 Å². The molecule has 2 heteroatoms. The molecule has 90 valence electrons. The van der Waals surface area contributed by atoms with E-state index in [0.717, 1.165) is 11.5 Å². The van der Waals surface area contributed by atoms with E-state index >= 15 is 0 Å². The zero-order valence-electron chi connectivity index (χ0n) is 11.3. The quantitative estimate of drug-likeness (QED) is 0.728. The molecule has 1 heterocycles. The number of aromatic nitrogens is 2. The van der Waals surface area contributed by atoms with Crippen molar-refractivity contribution in [3.05, 3.63) is 41.9 Å². The molecule has 1 aromatic heterocycles. The fourth-order valence-corrected chi connectivity index (χ4v) is 2.11. The molecule has 0 N–H and O–H groups in total. The highest BCUT2D eigenvalue weighted by molar-refractivity contribution is 5.59. The van der Waals surface area contributed by atoms with Gasteiger partial charge in [0.05, 0.1) is 5.69 Å². The first kappa shape index (κ1) is 11.9. The third-order valence-corrected chi connectivity index (χ3v) is 2.86. The number of hydrogen-bond donors (Lipinski definition) is 0. The fourth-order valence-electron chi connectivity index (χ4n) is 2.11. The Kier molecular flexibility index (Phi) is 2.82. The standard InChI is InChI=1S/C15H20N2/c1-11-7-6-8-12(9-11)13-10-17(5)14(16-13)15(2,3)4/h6-10H,1-5H3. The van der Waals surface area contributed by atoms with Gasteiger partial charge in [-0.15, -0.1) is 0 Å². The highest BCUT2D eigenvalue weighted by atomic mass is 15.1. The Bertz CT molecular complexity index is 530. The van der Waals surface area contributed by atoms with E-state index in [0.29, 0.717) is 0 Å². The smallest absolute Gasteiger partial charge is 0.114 e. The Hall–Kier alpha value is -1.57. The van der Waals surface area contributed by atoms with Crippen molar-refractivity contribution < 1.29 is 0 Å². The van der Waals surface area contributed by atoms with E-state index in [9.17, 15) is 0 Å². The van der Waals surface area contributed by atoms with Crippen molar-refractivity contribution in [2.75, 3.05) is 0 Å². The Morgan fingerprint density at radius 2 is 1.88 bits per heavy atom. The molecule has 1 aromatic carbocycles. The number of imidazole rings is 1. The molecule has 2 rings (SSSR count). The second kappa shape index (κ2) is 4.02. The van der Waals surface area contributed by atoms with Gasteiger partial charge in [-0.2, -0.15) is 0 Å². The Morgan fingerprint density at radius 3 is 2.41 bits per heavy atom. The molecular weight excluding hydrogens is 208 g/mol. The van der Waals surface area contributed by atoms with E-state index < -0.39 is 0 Å². The second-order valence-corrected chi connectivity index (χ2v) is 5.68. The van der Waals surface area contributed by atoms with Crippen molar-refractivity contribution in [3.8, 4) is 11.3 Å². The first-order valence-corrected chi connectivity index (χ1v) is 5.99. The lowest BCUT2D eigenvalue weighted by molar-refractivity contribution is 0.523. The number of rotatable bonds is 1. The van der Waals surface area contributed by atoms with Crippen LogP contribution in [0.1, 0.15) is 32.2 Å². The number of aryl methyl sites for hydroxylation is 2. The summed E-state index contributed by atoms with van der Waals surface area (Å²) in [5, 5.41) is 0. The van der Waals surface area contributed by atoms with Crippen molar-refractivity contribution in [2.45, 2.75) is 33.1 Å². The predicted molar refractivity (Wildman–Crippen MR) is 72.1 cm³/mol. The van der Waals surface area contributed by atoms with E-state index in [-0.39, 0.29) is 5.41 Å². The molecule has 2 aromatic rings. The van der Waals surface area contributed by atoms with Crippen molar-refractivity contribution in [1.82, 2.24) is 9.55 Å². The molecule has 0 aliphatic heterocycles. The van der Waals surface area contributed by atoms with Crippen LogP contribution in [0, 0.1) is 6.92 Å². The Labute approximate surface area is 103 Å². The van der Waals surface area contributed by atoms with E-state index in [4.69, 9.17) is 4.98 Å². The summed E-state index contributed by atoms with van der Waals surface area (Å²) in [7, 11) is 2.06. The second-order valence-electron chi connectivity index (χ2n) is 5.68. The maximum atomic E-state index is 4.76. The van der Waals surface area contributed by atoms with Gasteiger partial charge in [-0.3, -0.25) is 0 Å². The highest BCUT2D eigenvalue weighted by Crippen LogP contribution is 2.25. The summed E-state index contributed by atoms with van der Waals surface area (Å²) < 4.78 is 2.12. The summed E-state index contributed by atoms with van der Waals surface area (Å²) in [6.07, 6.45) is 2.11. The van der Waals surface area contributed by atoms with Gasteiger partial charge in [-0.1, -0.05) is 44.5 Å². The van der Waals surface area contributed by atoms with E-state index in [2.05, 4.69) is 69.8 Å². The lowest BCUT2D eigenvalue weighted by Gasteiger charge is -2.17. The summed E-state index contributed by atoms with van der Waals surface area (Å²) in [4.78, 5) is 4.76. The van der Waals surface area contributed by atoms with Gasteiger partial charge in [0.1, 0.15) is 5.82 Å². The normalized spacial score (nSPS) is 11.8. The third kappa shape index (κ3) is 2.41. The van der Waals surface area contributed by atoms with Crippen molar-refractivity contribution >= 4 is 0 Å². The minimum absolute atomic E-state index is 0.0802. The van der Waals surface area contributed by atoms with Crippen LogP contribution in [0.5, 0.6) is 0 Å². The summed E-state index contributed by atoms with van der Waals surface area (Å²) in [5.74, 6) is 1.12. The van der Waals surface area contributed by atoms with E-state index in [1.807, 2.05) is 0 Å². The Balaban J connectivity index is 2.49. The van der Waals surface area contributed by atoms with Crippen molar-refractivity contribution in [2.24, 2.45) is 7.05 Å². The SMILES string of the molecule is Cc1cccc(-c2cn(C)c(C(C)(C)C)n2)c1. The molecular formula is C15H20N2. The fraction of sp³-hybridized carbons (Fsp3) is 0.400. The van der Waals surface area contributed by atoms with Crippen LogP contribution in [0.25, 0.3) is 11.3 Å². The Morgan fingerprint density at radius 1 is 1.18 bits per heavy atom. The molecule has 0 spiro atoms. The van der Waals surface area contributed by atoms with E-state index in [1.165, 1.54) is 11.1 Å². The highest BCUT2D eigenvalue weighted by Gasteiger charge is 2.20.